The van der Waals surface area contributed by atoms with E-state index in [0.717, 1.165) is 23.9 Å². The molecule has 0 bridgehead atoms. The van der Waals surface area contributed by atoms with E-state index in [1.54, 1.807) is 55.0 Å². The van der Waals surface area contributed by atoms with E-state index in [1.807, 2.05) is 9.80 Å². The van der Waals surface area contributed by atoms with Gasteiger partial charge in [0.2, 0.25) is 0 Å². The number of likely N-dealkylation sites (tertiary alicyclic amines) is 1. The number of pyridine rings is 1. The Balaban J connectivity index is 1.54. The Bertz CT molecular complexity index is 1420. The predicted octanol–water partition coefficient (Wildman–Crippen LogP) is 2.59. The van der Waals surface area contributed by atoms with Crippen molar-refractivity contribution in [1.29, 1.82) is 0 Å². The maximum absolute atomic E-state index is 13.1. The van der Waals surface area contributed by atoms with Crippen molar-refractivity contribution < 1.29 is 13.2 Å². The maximum atomic E-state index is 13.1. The van der Waals surface area contributed by atoms with E-state index in [0.29, 0.717) is 30.1 Å². The van der Waals surface area contributed by atoms with Crippen LogP contribution in [0.1, 0.15) is 23.2 Å². The topological polar surface area (TPSA) is 125 Å². The standard InChI is InChI=1S/C23H23N7O3S/c1-34(32,33)19-8-6-17(7-9-19)30(22-20-13-27-28-21(20)25-15-26-22)18-5-3-11-29(14-18)23(31)16-4-2-10-24-12-16/h2,4,6-10,12-13,15,18H,3,5,11,14H2,1H3,(H,25,26,27,28). The first-order valence-electron chi connectivity index (χ1n) is 10.8. The van der Waals surface area contributed by atoms with Crippen molar-refractivity contribution in [2.24, 2.45) is 0 Å². The Kier molecular flexibility index (Phi) is 5.70. The summed E-state index contributed by atoms with van der Waals surface area (Å²) in [6, 6.07) is 10.1. The number of sulfone groups is 1. The summed E-state index contributed by atoms with van der Waals surface area (Å²) in [7, 11) is -3.33. The molecule has 1 aliphatic heterocycles. The van der Waals surface area contributed by atoms with Crippen LogP contribution in [0.5, 0.6) is 0 Å². The van der Waals surface area contributed by atoms with E-state index in [9.17, 15) is 13.2 Å². The minimum atomic E-state index is -3.33. The van der Waals surface area contributed by atoms with Gasteiger partial charge in [0.25, 0.3) is 5.91 Å². The molecule has 1 unspecified atom stereocenters. The summed E-state index contributed by atoms with van der Waals surface area (Å²) < 4.78 is 24.0. The van der Waals surface area contributed by atoms with Crippen molar-refractivity contribution in [2.45, 2.75) is 23.8 Å². The van der Waals surface area contributed by atoms with E-state index in [-0.39, 0.29) is 16.8 Å². The molecule has 1 amide bonds. The van der Waals surface area contributed by atoms with Crippen LogP contribution in [0.3, 0.4) is 0 Å². The van der Waals surface area contributed by atoms with Gasteiger partial charge >= 0.3 is 0 Å². The third kappa shape index (κ3) is 4.21. The van der Waals surface area contributed by atoms with Crippen LogP contribution < -0.4 is 4.90 Å². The highest BCUT2D eigenvalue weighted by Gasteiger charge is 2.31. The molecule has 0 saturated carbocycles. The van der Waals surface area contributed by atoms with E-state index in [4.69, 9.17) is 0 Å². The second kappa shape index (κ2) is 8.82. The van der Waals surface area contributed by atoms with Crippen molar-refractivity contribution in [1.82, 2.24) is 30.0 Å². The summed E-state index contributed by atoms with van der Waals surface area (Å²) in [6.45, 7) is 1.13. The third-order valence-corrected chi connectivity index (χ3v) is 7.08. The summed E-state index contributed by atoms with van der Waals surface area (Å²) in [6.07, 6.45) is 9.18. The van der Waals surface area contributed by atoms with Crippen molar-refractivity contribution in [3.05, 3.63) is 66.9 Å². The fourth-order valence-electron chi connectivity index (χ4n) is 4.33. The van der Waals surface area contributed by atoms with Gasteiger partial charge in [0.15, 0.2) is 15.5 Å². The van der Waals surface area contributed by atoms with Crippen LogP contribution in [-0.2, 0) is 9.84 Å². The van der Waals surface area contributed by atoms with E-state index in [2.05, 4.69) is 25.1 Å². The van der Waals surface area contributed by atoms with Gasteiger partial charge in [0, 0.05) is 37.4 Å². The van der Waals surface area contributed by atoms with Crippen LogP contribution in [0.2, 0.25) is 0 Å². The number of rotatable bonds is 5. The molecular formula is C23H23N7O3S. The van der Waals surface area contributed by atoms with Gasteiger partial charge in [-0.3, -0.25) is 14.9 Å². The summed E-state index contributed by atoms with van der Waals surface area (Å²) in [5.74, 6) is 0.577. The molecule has 10 nitrogen and oxygen atoms in total. The zero-order valence-electron chi connectivity index (χ0n) is 18.5. The zero-order valence-corrected chi connectivity index (χ0v) is 19.3. The van der Waals surface area contributed by atoms with E-state index < -0.39 is 9.84 Å². The molecular weight excluding hydrogens is 454 g/mol. The minimum absolute atomic E-state index is 0.0682. The number of hydrogen-bond donors (Lipinski definition) is 1. The molecule has 0 spiro atoms. The average molecular weight is 478 g/mol. The molecule has 1 N–H and O–H groups in total. The van der Waals surface area contributed by atoms with Crippen molar-refractivity contribution in [3.63, 3.8) is 0 Å². The fourth-order valence-corrected chi connectivity index (χ4v) is 4.96. The number of carbonyl (C=O) groups is 1. The average Bonchev–Trinajstić information content (AvgIpc) is 3.34. The molecule has 1 saturated heterocycles. The number of nitrogens with one attached hydrogen (secondary N) is 1. The SMILES string of the molecule is CS(=O)(=O)c1ccc(N(c2ncnc3[nH]ncc23)C2CCCN(C(=O)c3cccnc3)C2)cc1. The molecule has 174 valence electrons. The Morgan fingerprint density at radius 3 is 2.71 bits per heavy atom. The first-order valence-corrected chi connectivity index (χ1v) is 12.7. The summed E-state index contributed by atoms with van der Waals surface area (Å²) in [5.41, 5.74) is 1.92. The molecule has 3 aromatic heterocycles. The Labute approximate surface area is 196 Å². The van der Waals surface area contributed by atoms with Gasteiger partial charge in [0.05, 0.1) is 28.1 Å². The number of aromatic amines is 1. The Morgan fingerprint density at radius 1 is 1.15 bits per heavy atom. The van der Waals surface area contributed by atoms with Crippen LogP contribution in [-0.4, -0.2) is 69.8 Å². The van der Waals surface area contributed by atoms with Crippen molar-refractivity contribution in [3.8, 4) is 0 Å². The van der Waals surface area contributed by atoms with Crippen LogP contribution in [0.15, 0.2) is 66.2 Å². The number of hydrogen-bond acceptors (Lipinski definition) is 8. The molecule has 0 aliphatic carbocycles. The lowest BCUT2D eigenvalue weighted by molar-refractivity contribution is 0.0708. The molecule has 4 heterocycles. The monoisotopic (exact) mass is 477 g/mol. The molecule has 4 aromatic rings. The second-order valence-electron chi connectivity index (χ2n) is 8.25. The number of nitrogens with zero attached hydrogens (tertiary/aromatic N) is 6. The largest absolute Gasteiger partial charge is 0.337 e. The number of H-pyrrole nitrogens is 1. The predicted molar refractivity (Wildman–Crippen MR) is 127 cm³/mol. The van der Waals surface area contributed by atoms with Crippen LogP contribution in [0.4, 0.5) is 11.5 Å². The van der Waals surface area contributed by atoms with Gasteiger partial charge in [0.1, 0.15) is 12.1 Å². The van der Waals surface area contributed by atoms with Crippen molar-refractivity contribution in [2.75, 3.05) is 24.2 Å². The highest BCUT2D eigenvalue weighted by Crippen LogP contribution is 2.34. The molecule has 0 radical (unpaired) electrons. The third-order valence-electron chi connectivity index (χ3n) is 5.96. The lowest BCUT2D eigenvalue weighted by Crippen LogP contribution is -2.48. The Hall–Kier alpha value is -3.86. The number of amides is 1. The maximum Gasteiger partial charge on any atom is 0.255 e. The first-order chi connectivity index (χ1) is 16.4. The van der Waals surface area contributed by atoms with E-state index >= 15 is 0 Å². The molecule has 1 aromatic carbocycles. The van der Waals surface area contributed by atoms with Crippen LogP contribution in [0, 0.1) is 0 Å². The Morgan fingerprint density at radius 2 is 1.97 bits per heavy atom. The molecule has 1 fully saturated rings. The number of fused-ring (bicyclic) bond motifs is 1. The van der Waals surface area contributed by atoms with Gasteiger partial charge in [-0.05, 0) is 49.2 Å². The molecule has 11 heteroatoms. The number of anilines is 2. The normalized spacial score (nSPS) is 16.5. The minimum Gasteiger partial charge on any atom is -0.337 e. The highest BCUT2D eigenvalue weighted by atomic mass is 32.2. The highest BCUT2D eigenvalue weighted by molar-refractivity contribution is 7.90. The number of aromatic nitrogens is 5. The molecule has 1 aliphatic rings. The quantitative estimate of drug-likeness (QED) is 0.465. The fraction of sp³-hybridized carbons (Fsp3) is 0.261. The second-order valence-corrected chi connectivity index (χ2v) is 10.3. The van der Waals surface area contributed by atoms with Crippen LogP contribution >= 0.6 is 0 Å². The summed E-state index contributed by atoms with van der Waals surface area (Å²) in [4.78, 5) is 30.1. The lowest BCUT2D eigenvalue weighted by atomic mass is 10.0. The molecule has 1 atom stereocenters. The molecule has 5 rings (SSSR count). The van der Waals surface area contributed by atoms with Gasteiger partial charge in [-0.2, -0.15) is 5.10 Å². The number of piperidine rings is 1. The van der Waals surface area contributed by atoms with Crippen molar-refractivity contribution >= 4 is 38.3 Å². The first kappa shape index (κ1) is 22.0. The summed E-state index contributed by atoms with van der Waals surface area (Å²) >= 11 is 0. The number of benzene rings is 1. The zero-order chi connectivity index (χ0) is 23.7. The van der Waals surface area contributed by atoms with Crippen LogP contribution in [0.25, 0.3) is 11.0 Å². The lowest BCUT2D eigenvalue weighted by Gasteiger charge is -2.40. The smallest absolute Gasteiger partial charge is 0.255 e. The molecule has 34 heavy (non-hydrogen) atoms. The van der Waals surface area contributed by atoms with Gasteiger partial charge in [-0.25, -0.2) is 18.4 Å². The number of carbonyl (C=O) groups excluding carboxylic acids is 1. The summed E-state index contributed by atoms with van der Waals surface area (Å²) in [5, 5.41) is 7.72. The van der Waals surface area contributed by atoms with Gasteiger partial charge in [-0.1, -0.05) is 0 Å². The van der Waals surface area contributed by atoms with Gasteiger partial charge in [-0.15, -0.1) is 0 Å². The van der Waals surface area contributed by atoms with E-state index in [1.165, 1.54) is 12.6 Å². The van der Waals surface area contributed by atoms with Gasteiger partial charge < -0.3 is 9.80 Å².